The van der Waals surface area contributed by atoms with Crippen molar-refractivity contribution in [3.05, 3.63) is 24.3 Å². The Kier molecular flexibility index (Phi) is 1.96. The maximum absolute atomic E-state index is 6.81. The molecule has 0 saturated heterocycles. The Hall–Kier alpha value is -1.71. The Morgan fingerprint density at radius 1 is 1.27 bits per heavy atom. The molecule has 0 unspecified atom stereocenters. The second-order valence-electron chi connectivity index (χ2n) is 2.04. The molecular formula is C7H9N3O. The molecule has 1 rings (SSSR count). The van der Waals surface area contributed by atoms with E-state index in [4.69, 9.17) is 21.6 Å². The van der Waals surface area contributed by atoms with E-state index >= 15 is 0 Å². The van der Waals surface area contributed by atoms with E-state index in [0.29, 0.717) is 11.4 Å². The number of ether oxygens (including phenoxy) is 1. The first-order valence-corrected chi connectivity index (χ1v) is 3.06. The normalized spacial score (nSPS) is 9.09. The highest BCUT2D eigenvalue weighted by Crippen LogP contribution is 2.12. The molecule has 0 aliphatic heterocycles. The predicted octanol–water partition coefficient (Wildman–Crippen LogP) is 0.541. The van der Waals surface area contributed by atoms with Gasteiger partial charge in [-0.15, -0.1) is 0 Å². The first kappa shape index (κ1) is 7.40. The molecule has 4 nitrogen and oxygen atoms in total. The van der Waals surface area contributed by atoms with Gasteiger partial charge in [-0.2, -0.15) is 0 Å². The summed E-state index contributed by atoms with van der Waals surface area (Å²) in [4.78, 5) is 0. The number of nitrogen functional groups attached to an aromatic ring is 1. The number of amidine groups is 1. The summed E-state index contributed by atoms with van der Waals surface area (Å²) >= 11 is 0. The van der Waals surface area contributed by atoms with Crippen LogP contribution in [-0.2, 0) is 0 Å². The number of anilines is 1. The summed E-state index contributed by atoms with van der Waals surface area (Å²) < 4.78 is 4.77. The van der Waals surface area contributed by atoms with Crippen LogP contribution in [0.5, 0.6) is 5.75 Å². The van der Waals surface area contributed by atoms with Crippen molar-refractivity contribution in [1.82, 2.24) is 0 Å². The Balaban J connectivity index is 2.74. The maximum atomic E-state index is 6.81. The van der Waals surface area contributed by atoms with Crippen molar-refractivity contribution in [2.45, 2.75) is 0 Å². The zero-order valence-electron chi connectivity index (χ0n) is 5.87. The predicted molar refractivity (Wildman–Crippen MR) is 43.4 cm³/mol. The van der Waals surface area contributed by atoms with Gasteiger partial charge >= 0.3 is 0 Å². The third-order valence-corrected chi connectivity index (χ3v) is 1.11. The van der Waals surface area contributed by atoms with Crippen LogP contribution < -0.4 is 16.2 Å². The molecule has 0 aliphatic carbocycles. The Morgan fingerprint density at radius 3 is 2.27 bits per heavy atom. The number of benzene rings is 1. The Labute approximate surface area is 64.3 Å². The van der Waals surface area contributed by atoms with Gasteiger partial charge in [-0.05, 0) is 24.3 Å². The zero-order chi connectivity index (χ0) is 8.27. The highest BCUT2D eigenvalue weighted by Gasteiger charge is 1.93. The fraction of sp³-hybridized carbons (Fsp3) is 0. The van der Waals surface area contributed by atoms with Gasteiger partial charge in [0, 0.05) is 5.69 Å². The Bertz CT molecular complexity index is 255. The van der Waals surface area contributed by atoms with Crippen molar-refractivity contribution in [2.75, 3.05) is 5.73 Å². The molecule has 5 N–H and O–H groups in total. The molecular weight excluding hydrogens is 142 g/mol. The third kappa shape index (κ3) is 2.17. The average Bonchev–Trinajstić information content (AvgIpc) is 1.93. The lowest BCUT2D eigenvalue weighted by Crippen LogP contribution is -2.17. The van der Waals surface area contributed by atoms with Crippen LogP contribution in [-0.4, -0.2) is 6.02 Å². The minimum Gasteiger partial charge on any atom is -0.426 e. The van der Waals surface area contributed by atoms with Crippen molar-refractivity contribution in [3.8, 4) is 5.75 Å². The van der Waals surface area contributed by atoms with Gasteiger partial charge in [0.2, 0.25) is 0 Å². The molecule has 0 atom stereocenters. The van der Waals surface area contributed by atoms with Gasteiger partial charge in [-0.1, -0.05) is 0 Å². The van der Waals surface area contributed by atoms with Crippen molar-refractivity contribution in [3.63, 3.8) is 0 Å². The summed E-state index contributed by atoms with van der Waals surface area (Å²) in [7, 11) is 0. The van der Waals surface area contributed by atoms with Crippen LogP contribution in [0, 0.1) is 5.41 Å². The van der Waals surface area contributed by atoms with Crippen molar-refractivity contribution < 1.29 is 4.74 Å². The fourth-order valence-electron chi connectivity index (χ4n) is 0.663. The van der Waals surface area contributed by atoms with E-state index in [0.717, 1.165) is 0 Å². The smallest absolute Gasteiger partial charge is 0.284 e. The second kappa shape index (κ2) is 2.92. The lowest BCUT2D eigenvalue weighted by molar-refractivity contribution is 0.537. The monoisotopic (exact) mass is 151 g/mol. The van der Waals surface area contributed by atoms with Crippen LogP contribution in [0.3, 0.4) is 0 Å². The molecule has 0 aliphatic rings. The lowest BCUT2D eigenvalue weighted by atomic mass is 10.3. The molecule has 58 valence electrons. The fourth-order valence-corrected chi connectivity index (χ4v) is 0.663. The minimum atomic E-state index is -0.324. The molecule has 0 heterocycles. The van der Waals surface area contributed by atoms with Gasteiger partial charge < -0.3 is 16.2 Å². The molecule has 0 aromatic heterocycles. The number of nitrogens with two attached hydrogens (primary N) is 2. The lowest BCUT2D eigenvalue weighted by Gasteiger charge is -2.01. The highest BCUT2D eigenvalue weighted by atomic mass is 16.5. The van der Waals surface area contributed by atoms with Gasteiger partial charge in [0.1, 0.15) is 5.75 Å². The molecule has 0 spiro atoms. The summed E-state index contributed by atoms with van der Waals surface area (Å²) in [5.41, 5.74) is 11.1. The molecule has 0 fully saturated rings. The molecule has 11 heavy (non-hydrogen) atoms. The van der Waals surface area contributed by atoms with E-state index in [2.05, 4.69) is 0 Å². The van der Waals surface area contributed by atoms with E-state index in [1.807, 2.05) is 0 Å². The van der Waals surface area contributed by atoms with Crippen LogP contribution in [0.1, 0.15) is 0 Å². The summed E-state index contributed by atoms with van der Waals surface area (Å²) in [6.45, 7) is 0. The molecule has 0 radical (unpaired) electrons. The number of rotatable bonds is 1. The van der Waals surface area contributed by atoms with Crippen LogP contribution in [0.15, 0.2) is 24.3 Å². The molecule has 0 amide bonds. The van der Waals surface area contributed by atoms with Crippen molar-refractivity contribution in [1.29, 1.82) is 5.41 Å². The number of hydrogen-bond acceptors (Lipinski definition) is 3. The highest BCUT2D eigenvalue weighted by molar-refractivity contribution is 5.70. The first-order valence-electron chi connectivity index (χ1n) is 3.06. The van der Waals surface area contributed by atoms with Crippen molar-refractivity contribution >= 4 is 11.7 Å². The first-order chi connectivity index (χ1) is 5.18. The van der Waals surface area contributed by atoms with Gasteiger partial charge in [0.05, 0.1) is 0 Å². The van der Waals surface area contributed by atoms with Crippen molar-refractivity contribution in [2.24, 2.45) is 5.73 Å². The van der Waals surface area contributed by atoms with Crippen LogP contribution >= 0.6 is 0 Å². The van der Waals surface area contributed by atoms with Crippen LogP contribution in [0.4, 0.5) is 5.69 Å². The summed E-state index contributed by atoms with van der Waals surface area (Å²) in [6, 6.07) is 6.33. The SMILES string of the molecule is N=C(N)Oc1ccc(N)cc1. The second-order valence-corrected chi connectivity index (χ2v) is 2.04. The van der Waals surface area contributed by atoms with Gasteiger partial charge in [-0.25, -0.2) is 0 Å². The molecule has 1 aromatic carbocycles. The Morgan fingerprint density at radius 2 is 1.82 bits per heavy atom. The quantitative estimate of drug-likeness (QED) is 0.311. The van der Waals surface area contributed by atoms with Gasteiger partial charge in [0.15, 0.2) is 0 Å². The largest absolute Gasteiger partial charge is 0.426 e. The summed E-state index contributed by atoms with van der Waals surface area (Å²) in [5.74, 6) is 0.520. The van der Waals surface area contributed by atoms with E-state index in [1.54, 1.807) is 24.3 Å². The number of nitrogens with one attached hydrogen (secondary N) is 1. The molecule has 1 aromatic rings. The topological polar surface area (TPSA) is 85.1 Å². The summed E-state index contributed by atoms with van der Waals surface area (Å²) in [6.07, 6.45) is 0. The number of hydrogen-bond donors (Lipinski definition) is 3. The standard InChI is InChI=1S/C7H9N3O/c8-5-1-3-6(4-2-5)11-7(9)10/h1-4H,8H2,(H3,9,10). The molecule has 4 heteroatoms. The van der Waals surface area contributed by atoms with Gasteiger partial charge in [-0.3, -0.25) is 5.41 Å². The van der Waals surface area contributed by atoms with Crippen LogP contribution in [0.2, 0.25) is 0 Å². The molecule has 0 bridgehead atoms. The van der Waals surface area contributed by atoms with E-state index in [1.165, 1.54) is 0 Å². The average molecular weight is 151 g/mol. The van der Waals surface area contributed by atoms with Gasteiger partial charge in [0.25, 0.3) is 6.02 Å². The minimum absolute atomic E-state index is 0.324. The zero-order valence-corrected chi connectivity index (χ0v) is 5.87. The van der Waals surface area contributed by atoms with E-state index in [9.17, 15) is 0 Å². The van der Waals surface area contributed by atoms with E-state index < -0.39 is 0 Å². The maximum Gasteiger partial charge on any atom is 0.284 e. The third-order valence-electron chi connectivity index (χ3n) is 1.11. The molecule has 0 saturated carbocycles. The summed E-state index contributed by atoms with van der Waals surface area (Å²) in [5, 5.41) is 6.81. The van der Waals surface area contributed by atoms with Crippen LogP contribution in [0.25, 0.3) is 0 Å². The van der Waals surface area contributed by atoms with E-state index in [-0.39, 0.29) is 6.02 Å².